The zero-order valence-electron chi connectivity index (χ0n) is 8.89. The van der Waals surface area contributed by atoms with Crippen LogP contribution in [0.2, 0.25) is 0 Å². The number of ether oxygens (including phenoxy) is 1. The molecule has 0 unspecified atom stereocenters. The highest BCUT2D eigenvalue weighted by molar-refractivity contribution is 5.47. The van der Waals surface area contributed by atoms with Gasteiger partial charge in [0.05, 0.1) is 19.0 Å². The lowest BCUT2D eigenvalue weighted by molar-refractivity contribution is 0.402. The molecule has 0 aliphatic heterocycles. The fourth-order valence-electron chi connectivity index (χ4n) is 1.36. The molecule has 82 valence electrons. The Balaban J connectivity index is 2.57. The molecule has 0 aliphatic rings. The minimum absolute atomic E-state index is 0.215. The topological polar surface area (TPSA) is 80.8 Å². The van der Waals surface area contributed by atoms with Gasteiger partial charge in [0.1, 0.15) is 5.69 Å². The standard InChI is InChI=1S/C10H10N4O2/c1-6-8(16-2)10(15)14-9(13-6)7-5-11-3-4-12-7/h3-5H,1-2H3,(H,13,14,15). The largest absolute Gasteiger partial charge is 0.490 e. The van der Waals surface area contributed by atoms with Crippen LogP contribution >= 0.6 is 0 Å². The molecule has 2 aromatic rings. The number of aromatic amines is 1. The van der Waals surface area contributed by atoms with E-state index >= 15 is 0 Å². The Hall–Kier alpha value is -2.24. The summed E-state index contributed by atoms with van der Waals surface area (Å²) >= 11 is 0. The maximum atomic E-state index is 11.6. The van der Waals surface area contributed by atoms with E-state index in [-0.39, 0.29) is 11.3 Å². The first-order valence-electron chi connectivity index (χ1n) is 4.63. The van der Waals surface area contributed by atoms with Crippen LogP contribution in [0.5, 0.6) is 5.75 Å². The summed E-state index contributed by atoms with van der Waals surface area (Å²) in [6, 6.07) is 0. The molecule has 2 rings (SSSR count). The van der Waals surface area contributed by atoms with Crippen LogP contribution in [0.1, 0.15) is 5.69 Å². The van der Waals surface area contributed by atoms with Gasteiger partial charge in [0.15, 0.2) is 5.82 Å². The molecule has 16 heavy (non-hydrogen) atoms. The Bertz CT molecular complexity index is 550. The van der Waals surface area contributed by atoms with Crippen molar-refractivity contribution >= 4 is 0 Å². The van der Waals surface area contributed by atoms with Crippen molar-refractivity contribution < 1.29 is 4.74 Å². The van der Waals surface area contributed by atoms with Crippen molar-refractivity contribution in [2.75, 3.05) is 7.11 Å². The van der Waals surface area contributed by atoms with E-state index in [1.807, 2.05) is 0 Å². The molecule has 6 nitrogen and oxygen atoms in total. The first-order valence-corrected chi connectivity index (χ1v) is 4.63. The highest BCUT2D eigenvalue weighted by atomic mass is 16.5. The van der Waals surface area contributed by atoms with E-state index in [4.69, 9.17) is 4.74 Å². The number of hydrogen-bond donors (Lipinski definition) is 1. The van der Waals surface area contributed by atoms with E-state index in [0.717, 1.165) is 0 Å². The second-order valence-corrected chi connectivity index (χ2v) is 3.12. The van der Waals surface area contributed by atoms with Crippen molar-refractivity contribution in [1.82, 2.24) is 19.9 Å². The predicted octanol–water partition coefficient (Wildman–Crippen LogP) is 0.544. The van der Waals surface area contributed by atoms with E-state index in [2.05, 4.69) is 19.9 Å². The molecule has 6 heteroatoms. The molecule has 0 aromatic carbocycles. The third-order valence-corrected chi connectivity index (χ3v) is 2.06. The quantitative estimate of drug-likeness (QED) is 0.795. The van der Waals surface area contributed by atoms with E-state index in [1.54, 1.807) is 13.1 Å². The zero-order valence-corrected chi connectivity index (χ0v) is 8.89. The Labute approximate surface area is 91.4 Å². The van der Waals surface area contributed by atoms with Crippen LogP contribution in [-0.4, -0.2) is 27.0 Å². The fraction of sp³-hybridized carbons (Fsp3) is 0.200. The van der Waals surface area contributed by atoms with Crippen molar-refractivity contribution in [3.8, 4) is 17.3 Å². The molecule has 0 saturated carbocycles. The summed E-state index contributed by atoms with van der Waals surface area (Å²) in [5.41, 5.74) is 0.716. The monoisotopic (exact) mass is 218 g/mol. The summed E-state index contributed by atoms with van der Waals surface area (Å²) in [6.07, 6.45) is 4.62. The van der Waals surface area contributed by atoms with Crippen molar-refractivity contribution in [1.29, 1.82) is 0 Å². The van der Waals surface area contributed by atoms with Gasteiger partial charge < -0.3 is 9.72 Å². The SMILES string of the molecule is COc1c(C)nc(-c2cnccn2)[nH]c1=O. The van der Waals surface area contributed by atoms with Gasteiger partial charge in [-0.2, -0.15) is 0 Å². The number of aryl methyl sites for hydroxylation is 1. The maximum absolute atomic E-state index is 11.6. The van der Waals surface area contributed by atoms with Crippen molar-refractivity contribution in [3.05, 3.63) is 34.6 Å². The summed E-state index contributed by atoms with van der Waals surface area (Å²) in [5, 5.41) is 0. The Morgan fingerprint density at radius 3 is 2.75 bits per heavy atom. The predicted molar refractivity (Wildman–Crippen MR) is 57.2 cm³/mol. The van der Waals surface area contributed by atoms with Crippen LogP contribution in [0.25, 0.3) is 11.5 Å². The molecular weight excluding hydrogens is 208 g/mol. The molecule has 1 N–H and O–H groups in total. The van der Waals surface area contributed by atoms with Crippen molar-refractivity contribution in [2.45, 2.75) is 6.92 Å². The average molecular weight is 218 g/mol. The number of nitrogens with zero attached hydrogens (tertiary/aromatic N) is 3. The Morgan fingerprint density at radius 2 is 2.19 bits per heavy atom. The first kappa shape index (κ1) is 10.3. The number of methoxy groups -OCH3 is 1. The van der Waals surface area contributed by atoms with Crippen molar-refractivity contribution in [3.63, 3.8) is 0 Å². The number of nitrogens with one attached hydrogen (secondary N) is 1. The molecule has 0 saturated heterocycles. The second kappa shape index (κ2) is 4.09. The van der Waals surface area contributed by atoms with Crippen LogP contribution in [0, 0.1) is 6.92 Å². The average Bonchev–Trinajstić information content (AvgIpc) is 2.30. The van der Waals surface area contributed by atoms with E-state index < -0.39 is 0 Å². The molecule has 2 heterocycles. The van der Waals surface area contributed by atoms with Gasteiger partial charge in [-0.3, -0.25) is 9.78 Å². The molecular formula is C10H10N4O2. The van der Waals surface area contributed by atoms with E-state index in [9.17, 15) is 4.79 Å². The lowest BCUT2D eigenvalue weighted by Crippen LogP contribution is -2.14. The van der Waals surface area contributed by atoms with Crippen LogP contribution in [0.15, 0.2) is 23.4 Å². The summed E-state index contributed by atoms with van der Waals surface area (Å²) in [6.45, 7) is 1.70. The number of hydrogen-bond acceptors (Lipinski definition) is 5. The Morgan fingerprint density at radius 1 is 1.38 bits per heavy atom. The maximum Gasteiger partial charge on any atom is 0.293 e. The number of aromatic nitrogens is 4. The molecule has 0 atom stereocenters. The molecule has 0 aliphatic carbocycles. The van der Waals surface area contributed by atoms with Gasteiger partial charge in [-0.15, -0.1) is 0 Å². The van der Waals surface area contributed by atoms with Gasteiger partial charge in [0, 0.05) is 12.4 Å². The smallest absolute Gasteiger partial charge is 0.293 e. The highest BCUT2D eigenvalue weighted by Gasteiger charge is 2.09. The van der Waals surface area contributed by atoms with Crippen LogP contribution in [0.3, 0.4) is 0 Å². The molecule has 0 bridgehead atoms. The number of H-pyrrole nitrogens is 1. The Kier molecular flexibility index (Phi) is 2.63. The zero-order chi connectivity index (χ0) is 11.5. The summed E-state index contributed by atoms with van der Waals surface area (Å²) < 4.78 is 4.92. The van der Waals surface area contributed by atoms with Crippen molar-refractivity contribution in [2.24, 2.45) is 0 Å². The minimum Gasteiger partial charge on any atom is -0.490 e. The fourth-order valence-corrected chi connectivity index (χ4v) is 1.36. The van der Waals surface area contributed by atoms with Crippen LogP contribution < -0.4 is 10.3 Å². The third-order valence-electron chi connectivity index (χ3n) is 2.06. The normalized spacial score (nSPS) is 10.1. The van der Waals surface area contributed by atoms with Gasteiger partial charge in [-0.25, -0.2) is 9.97 Å². The first-order chi connectivity index (χ1) is 7.72. The van der Waals surface area contributed by atoms with Gasteiger partial charge in [-0.1, -0.05) is 0 Å². The summed E-state index contributed by atoms with van der Waals surface area (Å²) in [4.78, 5) is 26.3. The highest BCUT2D eigenvalue weighted by Crippen LogP contribution is 2.13. The number of rotatable bonds is 2. The van der Waals surface area contributed by atoms with Gasteiger partial charge in [-0.05, 0) is 6.92 Å². The van der Waals surface area contributed by atoms with Gasteiger partial charge >= 0.3 is 0 Å². The van der Waals surface area contributed by atoms with Crippen LogP contribution in [0.4, 0.5) is 0 Å². The third kappa shape index (κ3) is 1.77. The van der Waals surface area contributed by atoms with Gasteiger partial charge in [0.25, 0.3) is 5.56 Å². The molecule has 0 radical (unpaired) electrons. The van der Waals surface area contributed by atoms with Crippen LogP contribution in [-0.2, 0) is 0 Å². The van der Waals surface area contributed by atoms with E-state index in [0.29, 0.717) is 17.2 Å². The molecule has 0 spiro atoms. The molecule has 0 amide bonds. The summed E-state index contributed by atoms with van der Waals surface area (Å²) in [7, 11) is 1.43. The second-order valence-electron chi connectivity index (χ2n) is 3.12. The molecule has 2 aromatic heterocycles. The summed E-state index contributed by atoms with van der Waals surface area (Å²) in [5.74, 6) is 0.601. The lowest BCUT2D eigenvalue weighted by Gasteiger charge is -2.04. The van der Waals surface area contributed by atoms with E-state index in [1.165, 1.54) is 19.5 Å². The minimum atomic E-state index is -0.323. The lowest BCUT2D eigenvalue weighted by atomic mass is 10.3. The van der Waals surface area contributed by atoms with Gasteiger partial charge in [0.2, 0.25) is 5.75 Å². The molecule has 0 fully saturated rings.